The van der Waals surface area contributed by atoms with Crippen LogP contribution in [0.15, 0.2) is 121 Å². The number of H-pyrrole nitrogens is 2. The van der Waals surface area contributed by atoms with Gasteiger partial charge < -0.3 is 9.97 Å². The summed E-state index contributed by atoms with van der Waals surface area (Å²) in [5.74, 6) is -1.85. The molecule has 8 bridgehead atoms. The molecule has 3 aromatic heterocycles. The molecule has 0 unspecified atom stereocenters. The first-order valence-corrected chi connectivity index (χ1v) is 16.6. The molecule has 0 saturated carbocycles. The van der Waals surface area contributed by atoms with Gasteiger partial charge in [0.2, 0.25) is 0 Å². The van der Waals surface area contributed by atoms with E-state index in [-0.39, 0.29) is 5.56 Å². The zero-order valence-electron chi connectivity index (χ0n) is 27.3. The second-order valence-corrected chi connectivity index (χ2v) is 12.4. The number of nitrogens with zero attached hydrogens (tertiary/aromatic N) is 2. The average molecular weight is 687 g/mol. The van der Waals surface area contributed by atoms with E-state index in [1.807, 2.05) is 12.1 Å². The SMILES string of the molecule is Fc1ccccc1-c1c2nc(c(-c3ccccc3F)c3ccc([nH]3)c(-c3ccccc3F)c3ccc([nH]3)c(-c3ccccc3F)c3nc1C=C3)C=C2. The third kappa shape index (κ3) is 5.24. The zero-order chi connectivity index (χ0) is 35.3. The number of nitrogens with one attached hydrogen (secondary N) is 2. The molecule has 2 aliphatic rings. The van der Waals surface area contributed by atoms with Gasteiger partial charge in [0.25, 0.3) is 0 Å². The Hall–Kier alpha value is -6.80. The van der Waals surface area contributed by atoms with Crippen molar-refractivity contribution in [2.24, 2.45) is 0 Å². The van der Waals surface area contributed by atoms with Crippen LogP contribution in [0.25, 0.3) is 90.9 Å². The summed E-state index contributed by atoms with van der Waals surface area (Å²) in [5, 5.41) is 0. The predicted octanol–water partition coefficient (Wildman–Crippen LogP) is 11.9. The third-order valence-corrected chi connectivity index (χ3v) is 9.33. The summed E-state index contributed by atoms with van der Waals surface area (Å²) < 4.78 is 62.7. The molecule has 9 rings (SSSR count). The number of hydrogen-bond acceptors (Lipinski definition) is 2. The summed E-state index contributed by atoms with van der Waals surface area (Å²) in [5.41, 5.74) is 6.82. The number of rotatable bonds is 4. The molecule has 5 heterocycles. The molecule has 7 aromatic rings. The molecule has 250 valence electrons. The number of hydrogen-bond donors (Lipinski definition) is 2. The highest BCUT2D eigenvalue weighted by atomic mass is 19.1. The smallest absolute Gasteiger partial charge is 0.131 e. The molecular weight excluding hydrogens is 661 g/mol. The van der Waals surface area contributed by atoms with Crippen LogP contribution in [0.3, 0.4) is 0 Å². The Morgan fingerprint density at radius 1 is 0.308 bits per heavy atom. The fraction of sp³-hybridized carbons (Fsp3) is 0. The van der Waals surface area contributed by atoms with Crippen LogP contribution in [0.1, 0.15) is 22.8 Å². The quantitative estimate of drug-likeness (QED) is 0.181. The van der Waals surface area contributed by atoms with Gasteiger partial charge in [-0.05, 0) is 72.8 Å². The fourth-order valence-electron chi connectivity index (χ4n) is 7.00. The molecule has 0 fully saturated rings. The van der Waals surface area contributed by atoms with Gasteiger partial charge in [0.1, 0.15) is 23.3 Å². The van der Waals surface area contributed by atoms with Gasteiger partial charge in [-0.25, -0.2) is 27.5 Å². The largest absolute Gasteiger partial charge is 0.354 e. The maximum Gasteiger partial charge on any atom is 0.131 e. The van der Waals surface area contributed by atoms with Crippen molar-refractivity contribution >= 4 is 46.4 Å². The van der Waals surface area contributed by atoms with Gasteiger partial charge in [0, 0.05) is 66.6 Å². The van der Waals surface area contributed by atoms with E-state index < -0.39 is 23.3 Å². The van der Waals surface area contributed by atoms with Crippen molar-refractivity contribution in [1.29, 1.82) is 0 Å². The Balaban J connectivity index is 1.51. The van der Waals surface area contributed by atoms with E-state index in [4.69, 9.17) is 9.97 Å². The van der Waals surface area contributed by atoms with Crippen LogP contribution in [0.5, 0.6) is 0 Å². The van der Waals surface area contributed by atoms with E-state index in [9.17, 15) is 0 Å². The van der Waals surface area contributed by atoms with E-state index in [0.29, 0.717) is 83.8 Å². The molecule has 8 heteroatoms. The minimum Gasteiger partial charge on any atom is -0.354 e. The molecule has 0 spiro atoms. The lowest BCUT2D eigenvalue weighted by atomic mass is 10.0. The van der Waals surface area contributed by atoms with Gasteiger partial charge in [-0.2, -0.15) is 0 Å². The lowest BCUT2D eigenvalue weighted by Crippen LogP contribution is -1.94. The average Bonchev–Trinajstić information content (AvgIpc) is 3.99. The zero-order valence-corrected chi connectivity index (χ0v) is 27.3. The second kappa shape index (κ2) is 12.5. The van der Waals surface area contributed by atoms with Crippen molar-refractivity contribution in [3.05, 3.63) is 167 Å². The first kappa shape index (κ1) is 31.2. The molecular formula is C44H26F4N4. The number of halogens is 4. The van der Waals surface area contributed by atoms with Crippen LogP contribution >= 0.6 is 0 Å². The maximum atomic E-state index is 15.7. The van der Waals surface area contributed by atoms with Crippen molar-refractivity contribution in [3.8, 4) is 44.5 Å². The van der Waals surface area contributed by atoms with Gasteiger partial charge >= 0.3 is 0 Å². The minimum absolute atomic E-state index is 0.270. The first-order chi connectivity index (χ1) is 25.4. The number of aromatic amines is 2. The van der Waals surface area contributed by atoms with Gasteiger partial charge in [-0.15, -0.1) is 0 Å². The monoisotopic (exact) mass is 686 g/mol. The number of aromatic nitrogens is 4. The van der Waals surface area contributed by atoms with E-state index in [2.05, 4.69) is 9.97 Å². The molecule has 2 N–H and O–H groups in total. The minimum atomic E-state index is -0.475. The van der Waals surface area contributed by atoms with Gasteiger partial charge in [0.05, 0.1) is 22.8 Å². The topological polar surface area (TPSA) is 57.4 Å². The predicted molar refractivity (Wildman–Crippen MR) is 200 cm³/mol. The van der Waals surface area contributed by atoms with Crippen LogP contribution in [0, 0.1) is 23.3 Å². The Labute approximate surface area is 295 Å². The summed E-state index contributed by atoms with van der Waals surface area (Å²) in [6.07, 6.45) is 7.03. The molecule has 0 radical (unpaired) electrons. The molecule has 0 amide bonds. The highest BCUT2D eigenvalue weighted by Gasteiger charge is 2.22. The molecule has 4 nitrogen and oxygen atoms in total. The number of fused-ring (bicyclic) bond motifs is 8. The first-order valence-electron chi connectivity index (χ1n) is 16.6. The highest BCUT2D eigenvalue weighted by Crippen LogP contribution is 2.40. The fourth-order valence-corrected chi connectivity index (χ4v) is 7.00. The van der Waals surface area contributed by atoms with E-state index in [1.54, 1.807) is 109 Å². The van der Waals surface area contributed by atoms with Crippen LogP contribution in [-0.4, -0.2) is 19.9 Å². The third-order valence-electron chi connectivity index (χ3n) is 9.33. The number of benzene rings is 4. The van der Waals surface area contributed by atoms with Crippen molar-refractivity contribution in [1.82, 2.24) is 19.9 Å². The standard InChI is InChI=1S/C44H26F4N4/c45-29-13-5-1-9-25(29)41-33-17-19-35(49-33)42(26-10-2-6-14-30(26)46)37-21-23-39(51-37)44(28-12-4-8-16-32(28)48)40-24-22-38(52-40)43(36-20-18-34(41)50-36)27-11-3-7-15-31(27)47/h1-24,49-50H. The molecule has 52 heavy (non-hydrogen) atoms. The van der Waals surface area contributed by atoms with E-state index >= 15 is 17.6 Å². The summed E-state index contributed by atoms with van der Waals surface area (Å²) in [6.45, 7) is 0. The highest BCUT2D eigenvalue weighted by molar-refractivity contribution is 6.00. The van der Waals surface area contributed by atoms with Gasteiger partial charge in [-0.1, -0.05) is 72.8 Å². The van der Waals surface area contributed by atoms with Crippen LogP contribution in [0.4, 0.5) is 17.6 Å². The molecule has 0 aliphatic carbocycles. The Kier molecular flexibility index (Phi) is 7.51. The summed E-state index contributed by atoms with van der Waals surface area (Å²) in [7, 11) is 0. The van der Waals surface area contributed by atoms with Crippen LogP contribution < -0.4 is 0 Å². The van der Waals surface area contributed by atoms with Gasteiger partial charge in [0.15, 0.2) is 0 Å². The second-order valence-electron chi connectivity index (χ2n) is 12.4. The molecule has 2 aliphatic heterocycles. The van der Waals surface area contributed by atoms with E-state index in [0.717, 1.165) is 0 Å². The summed E-state index contributed by atoms with van der Waals surface area (Å²) >= 11 is 0. The molecule has 4 aromatic carbocycles. The van der Waals surface area contributed by atoms with Crippen molar-refractivity contribution in [3.63, 3.8) is 0 Å². The Morgan fingerprint density at radius 3 is 0.923 bits per heavy atom. The lowest BCUT2D eigenvalue weighted by molar-refractivity contribution is 0.631. The molecule has 0 saturated heterocycles. The van der Waals surface area contributed by atoms with Crippen molar-refractivity contribution in [2.45, 2.75) is 0 Å². The van der Waals surface area contributed by atoms with Crippen molar-refractivity contribution < 1.29 is 17.6 Å². The van der Waals surface area contributed by atoms with Gasteiger partial charge in [-0.3, -0.25) is 0 Å². The lowest BCUT2D eigenvalue weighted by Gasteiger charge is -2.08. The molecule has 0 atom stereocenters. The van der Waals surface area contributed by atoms with Crippen LogP contribution in [0.2, 0.25) is 0 Å². The maximum absolute atomic E-state index is 15.7. The van der Waals surface area contributed by atoms with Crippen LogP contribution in [-0.2, 0) is 0 Å². The summed E-state index contributed by atoms with van der Waals surface area (Å²) in [6, 6.07) is 32.8. The Bertz CT molecular complexity index is 2660. The normalized spacial score (nSPS) is 12.1. The summed E-state index contributed by atoms with van der Waals surface area (Å²) in [4.78, 5) is 16.9. The van der Waals surface area contributed by atoms with Crippen molar-refractivity contribution in [2.75, 3.05) is 0 Å². The Morgan fingerprint density at radius 2 is 0.577 bits per heavy atom. The van der Waals surface area contributed by atoms with E-state index in [1.165, 1.54) is 24.3 Å².